The lowest BCUT2D eigenvalue weighted by Crippen LogP contribution is -2.05. The highest BCUT2D eigenvalue weighted by Gasteiger charge is 1.99. The van der Waals surface area contributed by atoms with E-state index in [4.69, 9.17) is 0 Å². The standard InChI is InChI=1S/C10H13NO2S/c1-11(2)9-6-4-8(14-9)5-7-10(12)13-3/h4-7H,1-3H3/b7-5+. The van der Waals surface area contributed by atoms with Crippen LogP contribution < -0.4 is 4.90 Å². The van der Waals surface area contributed by atoms with Crippen molar-refractivity contribution < 1.29 is 9.53 Å². The van der Waals surface area contributed by atoms with E-state index >= 15 is 0 Å². The van der Waals surface area contributed by atoms with Gasteiger partial charge in [0.2, 0.25) is 0 Å². The number of anilines is 1. The Hall–Kier alpha value is -1.29. The fraction of sp³-hybridized carbons (Fsp3) is 0.300. The fourth-order valence-corrected chi connectivity index (χ4v) is 1.72. The summed E-state index contributed by atoms with van der Waals surface area (Å²) in [5, 5.41) is 1.16. The van der Waals surface area contributed by atoms with Crippen LogP contribution in [0.5, 0.6) is 0 Å². The van der Waals surface area contributed by atoms with E-state index in [1.807, 2.05) is 31.1 Å². The number of carbonyl (C=O) groups is 1. The third-order valence-corrected chi connectivity index (χ3v) is 2.86. The second-order valence-electron chi connectivity index (χ2n) is 2.93. The van der Waals surface area contributed by atoms with Crippen molar-refractivity contribution in [2.75, 3.05) is 26.1 Å². The first-order valence-corrected chi connectivity index (χ1v) is 4.98. The van der Waals surface area contributed by atoms with Crippen LogP contribution in [-0.2, 0) is 9.53 Å². The molecule has 0 aromatic carbocycles. The van der Waals surface area contributed by atoms with Crippen LogP contribution in [0, 0.1) is 0 Å². The Morgan fingerprint density at radius 2 is 2.21 bits per heavy atom. The number of rotatable bonds is 3. The summed E-state index contributed by atoms with van der Waals surface area (Å²) in [6.07, 6.45) is 3.18. The van der Waals surface area contributed by atoms with Crippen molar-refractivity contribution in [1.82, 2.24) is 0 Å². The molecule has 0 aliphatic heterocycles. The van der Waals surface area contributed by atoms with Gasteiger partial charge < -0.3 is 9.64 Å². The lowest BCUT2D eigenvalue weighted by Gasteiger charge is -2.06. The van der Waals surface area contributed by atoms with Crippen molar-refractivity contribution in [2.45, 2.75) is 0 Å². The van der Waals surface area contributed by atoms with Crippen molar-refractivity contribution in [2.24, 2.45) is 0 Å². The Morgan fingerprint density at radius 1 is 1.50 bits per heavy atom. The molecule has 14 heavy (non-hydrogen) atoms. The van der Waals surface area contributed by atoms with Crippen LogP contribution in [-0.4, -0.2) is 27.2 Å². The van der Waals surface area contributed by atoms with Gasteiger partial charge >= 0.3 is 5.97 Å². The average molecular weight is 211 g/mol. The van der Waals surface area contributed by atoms with Crippen LogP contribution in [0.25, 0.3) is 6.08 Å². The third kappa shape index (κ3) is 2.88. The van der Waals surface area contributed by atoms with E-state index in [-0.39, 0.29) is 5.97 Å². The Morgan fingerprint density at radius 3 is 2.71 bits per heavy atom. The van der Waals surface area contributed by atoms with Crippen molar-refractivity contribution in [3.8, 4) is 0 Å². The van der Waals surface area contributed by atoms with Crippen molar-refractivity contribution in [1.29, 1.82) is 0 Å². The van der Waals surface area contributed by atoms with E-state index in [1.165, 1.54) is 13.2 Å². The van der Waals surface area contributed by atoms with Gasteiger partial charge in [-0.15, -0.1) is 11.3 Å². The maximum Gasteiger partial charge on any atom is 0.330 e. The van der Waals surface area contributed by atoms with E-state index < -0.39 is 0 Å². The van der Waals surface area contributed by atoms with E-state index in [1.54, 1.807) is 17.4 Å². The predicted molar refractivity (Wildman–Crippen MR) is 59.7 cm³/mol. The first-order valence-electron chi connectivity index (χ1n) is 4.16. The van der Waals surface area contributed by atoms with E-state index in [9.17, 15) is 4.79 Å². The zero-order chi connectivity index (χ0) is 10.6. The van der Waals surface area contributed by atoms with Gasteiger partial charge in [0.05, 0.1) is 12.1 Å². The molecule has 0 bridgehead atoms. The van der Waals surface area contributed by atoms with Gasteiger partial charge in [0.15, 0.2) is 0 Å². The summed E-state index contributed by atoms with van der Waals surface area (Å²) in [6, 6.07) is 3.99. The zero-order valence-electron chi connectivity index (χ0n) is 8.48. The van der Waals surface area contributed by atoms with Gasteiger partial charge in [0.25, 0.3) is 0 Å². The maximum absolute atomic E-state index is 10.8. The van der Waals surface area contributed by atoms with Crippen LogP contribution in [0.15, 0.2) is 18.2 Å². The second kappa shape index (κ2) is 4.81. The second-order valence-corrected chi connectivity index (χ2v) is 4.02. The molecule has 0 saturated carbocycles. The molecule has 0 saturated heterocycles. The molecule has 0 radical (unpaired) electrons. The highest BCUT2D eigenvalue weighted by Crippen LogP contribution is 2.24. The molecule has 0 N–H and O–H groups in total. The molecular formula is C10H13NO2S. The molecule has 0 unspecified atom stereocenters. The summed E-state index contributed by atoms with van der Waals surface area (Å²) < 4.78 is 4.49. The molecule has 0 aliphatic rings. The third-order valence-electron chi connectivity index (χ3n) is 1.64. The van der Waals surface area contributed by atoms with E-state index in [2.05, 4.69) is 4.74 Å². The summed E-state index contributed by atoms with van der Waals surface area (Å²) >= 11 is 1.62. The molecule has 0 spiro atoms. The molecule has 1 aromatic heterocycles. The normalized spacial score (nSPS) is 10.5. The minimum absolute atomic E-state index is 0.329. The Labute approximate surface area is 87.6 Å². The maximum atomic E-state index is 10.8. The van der Waals surface area contributed by atoms with Crippen molar-refractivity contribution >= 4 is 28.4 Å². The van der Waals surface area contributed by atoms with Crippen molar-refractivity contribution in [3.05, 3.63) is 23.1 Å². The number of esters is 1. The predicted octanol–water partition coefficient (Wildman–Crippen LogP) is 2.00. The monoisotopic (exact) mass is 211 g/mol. The summed E-state index contributed by atoms with van der Waals surface area (Å²) in [6.45, 7) is 0. The molecule has 1 aromatic rings. The molecule has 0 amide bonds. The van der Waals surface area contributed by atoms with Crippen LogP contribution in [0.4, 0.5) is 5.00 Å². The first-order chi connectivity index (χ1) is 6.63. The number of carbonyl (C=O) groups excluding carboxylic acids is 1. The lowest BCUT2D eigenvalue weighted by atomic mass is 10.4. The zero-order valence-corrected chi connectivity index (χ0v) is 9.30. The topological polar surface area (TPSA) is 29.5 Å². The largest absolute Gasteiger partial charge is 0.466 e. The molecule has 1 heterocycles. The summed E-state index contributed by atoms with van der Waals surface area (Å²) in [5.74, 6) is -0.329. The first kappa shape index (κ1) is 10.8. The number of thiophene rings is 1. The van der Waals surface area contributed by atoms with E-state index in [0.717, 1.165) is 9.88 Å². The number of ether oxygens (including phenoxy) is 1. The minimum atomic E-state index is -0.329. The quantitative estimate of drug-likeness (QED) is 0.565. The molecule has 3 nitrogen and oxygen atoms in total. The lowest BCUT2D eigenvalue weighted by molar-refractivity contribution is -0.134. The molecule has 0 aliphatic carbocycles. The van der Waals surface area contributed by atoms with Gasteiger partial charge in [-0.2, -0.15) is 0 Å². The number of nitrogens with zero attached hydrogens (tertiary/aromatic N) is 1. The summed E-state index contributed by atoms with van der Waals surface area (Å²) in [7, 11) is 5.34. The average Bonchev–Trinajstić information content (AvgIpc) is 2.62. The molecule has 0 fully saturated rings. The Kier molecular flexibility index (Phi) is 3.71. The highest BCUT2D eigenvalue weighted by molar-refractivity contribution is 7.16. The van der Waals surface area contributed by atoms with Gasteiger partial charge in [0.1, 0.15) is 0 Å². The smallest absolute Gasteiger partial charge is 0.330 e. The van der Waals surface area contributed by atoms with Gasteiger partial charge in [-0.05, 0) is 18.2 Å². The Balaban J connectivity index is 2.68. The van der Waals surface area contributed by atoms with Crippen molar-refractivity contribution in [3.63, 3.8) is 0 Å². The van der Waals surface area contributed by atoms with Gasteiger partial charge in [-0.1, -0.05) is 0 Å². The van der Waals surface area contributed by atoms with Gasteiger partial charge in [-0.3, -0.25) is 0 Å². The molecule has 0 atom stereocenters. The summed E-state index contributed by atoms with van der Waals surface area (Å²) in [4.78, 5) is 13.9. The molecular weight excluding hydrogens is 198 g/mol. The van der Waals surface area contributed by atoms with Gasteiger partial charge in [0, 0.05) is 25.0 Å². The Bertz CT molecular complexity index is 342. The number of hydrogen-bond acceptors (Lipinski definition) is 4. The van der Waals surface area contributed by atoms with Crippen LogP contribution in [0.2, 0.25) is 0 Å². The van der Waals surface area contributed by atoms with Crippen LogP contribution >= 0.6 is 11.3 Å². The highest BCUT2D eigenvalue weighted by atomic mass is 32.1. The summed E-state index contributed by atoms with van der Waals surface area (Å²) in [5.41, 5.74) is 0. The number of methoxy groups -OCH3 is 1. The van der Waals surface area contributed by atoms with Crippen LogP contribution in [0.3, 0.4) is 0 Å². The molecule has 1 rings (SSSR count). The molecule has 76 valence electrons. The van der Waals surface area contributed by atoms with Crippen LogP contribution in [0.1, 0.15) is 4.88 Å². The SMILES string of the molecule is COC(=O)/C=C/c1ccc(N(C)C)s1. The minimum Gasteiger partial charge on any atom is -0.466 e. The fourth-order valence-electron chi connectivity index (χ4n) is 0.890. The van der Waals surface area contributed by atoms with Gasteiger partial charge in [-0.25, -0.2) is 4.79 Å². The van der Waals surface area contributed by atoms with E-state index in [0.29, 0.717) is 0 Å². The molecule has 4 heteroatoms. The number of hydrogen-bond donors (Lipinski definition) is 0.